The molecule has 2 rings (SSSR count). The predicted molar refractivity (Wildman–Crippen MR) is 93.0 cm³/mol. The number of ether oxygens (including phenoxy) is 3. The monoisotopic (exact) mass is 387 g/mol. The van der Waals surface area contributed by atoms with E-state index in [-0.39, 0.29) is 6.35 Å². The van der Waals surface area contributed by atoms with E-state index in [1.54, 1.807) is 49.4 Å². The predicted octanol–water partition coefficient (Wildman–Crippen LogP) is 5.08. The second-order valence-corrected chi connectivity index (χ2v) is 6.08. The summed E-state index contributed by atoms with van der Waals surface area (Å²) in [6.45, 7) is 1.55. The number of esters is 1. The van der Waals surface area contributed by atoms with Gasteiger partial charge in [-0.2, -0.15) is 0 Å². The number of benzene rings is 2. The Morgan fingerprint density at radius 3 is 2.42 bits per heavy atom. The second-order valence-electron chi connectivity index (χ2n) is 4.66. The molecule has 0 saturated carbocycles. The first-order valence-corrected chi connectivity index (χ1v) is 8.78. The molecule has 2 atom stereocenters. The fourth-order valence-electron chi connectivity index (χ4n) is 1.74. The zero-order chi connectivity index (χ0) is 17.5. The minimum absolute atomic E-state index is 0.138. The molecule has 8 heteroatoms. The van der Waals surface area contributed by atoms with Gasteiger partial charge < -0.3 is 14.2 Å². The van der Waals surface area contributed by atoms with Gasteiger partial charge in [0.25, 0.3) is 6.35 Å². The third-order valence-electron chi connectivity index (χ3n) is 2.86. The van der Waals surface area contributed by atoms with Gasteiger partial charge in [0, 0.05) is 5.02 Å². The molecule has 0 N–H and O–H groups in total. The largest absolute Gasteiger partial charge is 0.479 e. The van der Waals surface area contributed by atoms with E-state index in [2.05, 4.69) is 0 Å². The molecule has 2 unspecified atom stereocenters. The summed E-state index contributed by atoms with van der Waals surface area (Å²) in [5.41, 5.74) is 0. The molecule has 0 heterocycles. The topological polar surface area (TPSA) is 61.8 Å². The van der Waals surface area contributed by atoms with Crippen molar-refractivity contribution in [3.63, 3.8) is 0 Å². The Hall–Kier alpha value is -1.81. The lowest BCUT2D eigenvalue weighted by Gasteiger charge is -2.13. The summed E-state index contributed by atoms with van der Waals surface area (Å²) in [6.07, 6.45) is -0.944. The molecule has 0 amide bonds. The molecule has 2 aromatic carbocycles. The van der Waals surface area contributed by atoms with Crippen LogP contribution >= 0.6 is 31.7 Å². The van der Waals surface area contributed by atoms with E-state index >= 15 is 0 Å². The van der Waals surface area contributed by atoms with E-state index in [4.69, 9.17) is 37.4 Å². The van der Waals surface area contributed by atoms with E-state index < -0.39 is 20.5 Å². The SMILES string of the molecule is CC(Oc1ccc(Oc2ccc(Cl)cc2Cl)cc1)C(=O)OC[PH+]=O. The van der Waals surface area contributed by atoms with Gasteiger partial charge in [-0.15, -0.1) is 0 Å². The van der Waals surface area contributed by atoms with E-state index in [9.17, 15) is 9.36 Å². The minimum Gasteiger partial charge on any atom is -0.479 e. The molecule has 0 bridgehead atoms. The van der Waals surface area contributed by atoms with Gasteiger partial charge in [0.1, 0.15) is 17.2 Å². The van der Waals surface area contributed by atoms with Gasteiger partial charge in [0.15, 0.2) is 6.10 Å². The van der Waals surface area contributed by atoms with Crippen molar-refractivity contribution in [1.82, 2.24) is 0 Å². The highest BCUT2D eigenvalue weighted by Crippen LogP contribution is 2.32. The number of carbonyl (C=O) groups excluding carboxylic acids is 1. The average Bonchev–Trinajstić information content (AvgIpc) is 2.56. The standard InChI is InChI=1S/C16H13Cl2O5P/c1-10(16(19)21-9-24-20)22-12-3-5-13(6-4-12)23-15-7-2-11(17)8-14(15)18/h2-8,10H,9H2,1H3/p+1. The molecular formula is C16H14Cl2O5P+. The number of hydrogen-bond donors (Lipinski definition) is 0. The van der Waals surface area contributed by atoms with Crippen LogP contribution in [0.25, 0.3) is 0 Å². The van der Waals surface area contributed by atoms with Crippen LogP contribution in [0.5, 0.6) is 17.2 Å². The second kappa shape index (κ2) is 8.88. The Kier molecular flexibility index (Phi) is 6.85. The van der Waals surface area contributed by atoms with Gasteiger partial charge in [-0.25, -0.2) is 4.79 Å². The third kappa shape index (κ3) is 5.38. The molecule has 0 radical (unpaired) electrons. The van der Waals surface area contributed by atoms with Gasteiger partial charge in [-0.3, -0.25) is 0 Å². The fourth-order valence-corrected chi connectivity index (χ4v) is 2.39. The lowest BCUT2D eigenvalue weighted by molar-refractivity contribution is -0.148. The van der Waals surface area contributed by atoms with Crippen LogP contribution in [0.3, 0.4) is 0 Å². The summed E-state index contributed by atoms with van der Waals surface area (Å²) >= 11 is 11.9. The number of rotatable bonds is 7. The lowest BCUT2D eigenvalue weighted by Crippen LogP contribution is -2.25. The number of hydrogen-bond acceptors (Lipinski definition) is 5. The molecule has 5 nitrogen and oxygen atoms in total. The summed E-state index contributed by atoms with van der Waals surface area (Å²) in [4.78, 5) is 11.5. The number of halogens is 2. The first kappa shape index (κ1) is 18.5. The Morgan fingerprint density at radius 1 is 1.12 bits per heavy atom. The van der Waals surface area contributed by atoms with Crippen molar-refractivity contribution < 1.29 is 23.6 Å². The first-order chi connectivity index (χ1) is 11.5. The van der Waals surface area contributed by atoms with Crippen molar-refractivity contribution in [1.29, 1.82) is 0 Å². The summed E-state index contributed by atoms with van der Waals surface area (Å²) in [7, 11) is -0.691. The van der Waals surface area contributed by atoms with E-state index in [0.29, 0.717) is 27.3 Å². The van der Waals surface area contributed by atoms with Crippen molar-refractivity contribution in [2.24, 2.45) is 0 Å². The minimum atomic E-state index is -0.807. The quantitative estimate of drug-likeness (QED) is 0.489. The third-order valence-corrected chi connectivity index (χ3v) is 3.66. The molecule has 0 spiro atoms. The van der Waals surface area contributed by atoms with Crippen LogP contribution in [-0.4, -0.2) is 18.4 Å². The van der Waals surface area contributed by atoms with Gasteiger partial charge in [0.2, 0.25) is 0 Å². The molecule has 0 aliphatic rings. The molecule has 24 heavy (non-hydrogen) atoms. The van der Waals surface area contributed by atoms with Gasteiger partial charge in [-0.05, 0) is 49.4 Å². The molecule has 126 valence electrons. The number of carbonyl (C=O) groups is 1. The maximum absolute atomic E-state index is 11.5. The molecule has 2 aromatic rings. The normalized spacial score (nSPS) is 11.8. The van der Waals surface area contributed by atoms with Crippen molar-refractivity contribution in [3.05, 3.63) is 52.5 Å². The maximum atomic E-state index is 11.5. The van der Waals surface area contributed by atoms with Crippen LogP contribution in [0, 0.1) is 0 Å². The van der Waals surface area contributed by atoms with Crippen molar-refractivity contribution in [2.45, 2.75) is 13.0 Å². The Balaban J connectivity index is 1.97. The van der Waals surface area contributed by atoms with Crippen LogP contribution in [-0.2, 0) is 14.1 Å². The zero-order valence-electron chi connectivity index (χ0n) is 12.6. The van der Waals surface area contributed by atoms with E-state index in [0.717, 1.165) is 0 Å². The van der Waals surface area contributed by atoms with E-state index in [1.165, 1.54) is 0 Å². The molecule has 0 aliphatic carbocycles. The van der Waals surface area contributed by atoms with Crippen LogP contribution in [0.15, 0.2) is 42.5 Å². The highest BCUT2D eigenvalue weighted by Gasteiger charge is 2.17. The highest BCUT2D eigenvalue weighted by molar-refractivity contribution is 7.23. The molecule has 0 aromatic heterocycles. The van der Waals surface area contributed by atoms with Gasteiger partial charge in [-0.1, -0.05) is 27.8 Å². The van der Waals surface area contributed by atoms with Crippen molar-refractivity contribution in [2.75, 3.05) is 6.35 Å². The molecular weight excluding hydrogens is 374 g/mol. The van der Waals surface area contributed by atoms with E-state index in [1.807, 2.05) is 0 Å². The van der Waals surface area contributed by atoms with Crippen molar-refractivity contribution in [3.8, 4) is 17.2 Å². The summed E-state index contributed by atoms with van der Waals surface area (Å²) in [6, 6.07) is 11.6. The maximum Gasteiger partial charge on any atom is 0.365 e. The fraction of sp³-hybridized carbons (Fsp3) is 0.188. The van der Waals surface area contributed by atoms with Crippen LogP contribution in [0.1, 0.15) is 6.92 Å². The van der Waals surface area contributed by atoms with Crippen molar-refractivity contribution >= 4 is 37.6 Å². The molecule has 0 fully saturated rings. The molecule has 0 saturated heterocycles. The molecule has 0 aliphatic heterocycles. The van der Waals surface area contributed by atoms with Crippen LogP contribution in [0.2, 0.25) is 10.0 Å². The Bertz CT molecular complexity index is 721. The Labute approximate surface area is 150 Å². The van der Waals surface area contributed by atoms with Gasteiger partial charge >= 0.3 is 14.4 Å². The highest BCUT2D eigenvalue weighted by atomic mass is 35.5. The lowest BCUT2D eigenvalue weighted by atomic mass is 10.3. The Morgan fingerprint density at radius 2 is 1.79 bits per heavy atom. The smallest absolute Gasteiger partial charge is 0.365 e. The summed E-state index contributed by atoms with van der Waals surface area (Å²) in [5.74, 6) is 0.921. The van der Waals surface area contributed by atoms with Crippen LogP contribution in [0.4, 0.5) is 0 Å². The van der Waals surface area contributed by atoms with Gasteiger partial charge in [0.05, 0.1) is 5.02 Å². The zero-order valence-corrected chi connectivity index (χ0v) is 15.1. The average molecular weight is 388 g/mol. The first-order valence-electron chi connectivity index (χ1n) is 6.91. The summed E-state index contributed by atoms with van der Waals surface area (Å²) < 4.78 is 26.2. The van der Waals surface area contributed by atoms with Crippen LogP contribution < -0.4 is 9.47 Å². The summed E-state index contributed by atoms with van der Waals surface area (Å²) in [5, 5.41) is 0.924.